The average molecular weight is 560 g/mol. The smallest absolute Gasteiger partial charge is 0.282 e. The van der Waals surface area contributed by atoms with Crippen molar-refractivity contribution >= 4 is 33.0 Å². The molecule has 1 aliphatic rings. The van der Waals surface area contributed by atoms with Crippen LogP contribution in [0.4, 0.5) is 0 Å². The van der Waals surface area contributed by atoms with E-state index in [1.54, 1.807) is 6.21 Å². The van der Waals surface area contributed by atoms with E-state index in [-0.39, 0.29) is 11.5 Å². The highest BCUT2D eigenvalue weighted by molar-refractivity contribution is 9.10. The minimum atomic E-state index is -0.157. The van der Waals surface area contributed by atoms with Crippen LogP contribution in [0.2, 0.25) is 0 Å². The number of rotatable bonds is 8. The van der Waals surface area contributed by atoms with Gasteiger partial charge in [0.15, 0.2) is 11.5 Å². The van der Waals surface area contributed by atoms with Gasteiger partial charge in [0.2, 0.25) is 0 Å². The van der Waals surface area contributed by atoms with Gasteiger partial charge in [0.1, 0.15) is 12.4 Å². The second kappa shape index (κ2) is 11.7. The highest BCUT2D eigenvalue weighted by atomic mass is 79.9. The maximum Gasteiger partial charge on any atom is 0.282 e. The topological polar surface area (TPSA) is 65.7 Å². The van der Waals surface area contributed by atoms with Crippen molar-refractivity contribution < 1.29 is 9.47 Å². The van der Waals surface area contributed by atoms with Gasteiger partial charge in [-0.05, 0) is 67.3 Å². The molecule has 37 heavy (non-hydrogen) atoms. The Hall–Kier alpha value is -3.45. The van der Waals surface area contributed by atoms with E-state index in [9.17, 15) is 4.79 Å². The Morgan fingerprint density at radius 1 is 1.00 bits per heavy atom. The molecule has 0 radical (unpaired) electrons. The molecule has 1 aliphatic carbocycles. The lowest BCUT2D eigenvalue weighted by Gasteiger charge is -2.22. The molecule has 5 rings (SSSR count). The van der Waals surface area contributed by atoms with E-state index in [2.05, 4.69) is 21.0 Å². The lowest BCUT2D eigenvalue weighted by molar-refractivity contribution is 0.269. The van der Waals surface area contributed by atoms with Gasteiger partial charge >= 0.3 is 0 Å². The van der Waals surface area contributed by atoms with Crippen molar-refractivity contribution in [1.82, 2.24) is 9.66 Å². The Labute approximate surface area is 225 Å². The molecule has 1 saturated carbocycles. The third-order valence-corrected chi connectivity index (χ3v) is 7.12. The molecule has 0 bridgehead atoms. The Morgan fingerprint density at radius 3 is 2.59 bits per heavy atom. The fraction of sp³-hybridized carbons (Fsp3) is 0.300. The maximum atomic E-state index is 13.6. The Balaban J connectivity index is 1.48. The van der Waals surface area contributed by atoms with E-state index in [0.717, 1.165) is 47.1 Å². The van der Waals surface area contributed by atoms with Gasteiger partial charge in [0.05, 0.1) is 23.7 Å². The van der Waals surface area contributed by atoms with E-state index in [0.29, 0.717) is 35.6 Å². The number of hydrogen-bond donors (Lipinski definition) is 0. The second-order valence-electron chi connectivity index (χ2n) is 9.24. The van der Waals surface area contributed by atoms with Crippen molar-refractivity contribution in [2.75, 3.05) is 6.61 Å². The molecule has 0 spiro atoms. The van der Waals surface area contributed by atoms with Crippen LogP contribution in [0.1, 0.15) is 61.9 Å². The second-order valence-corrected chi connectivity index (χ2v) is 10.2. The highest BCUT2D eigenvalue weighted by Crippen LogP contribution is 2.32. The first-order chi connectivity index (χ1) is 18.1. The summed E-state index contributed by atoms with van der Waals surface area (Å²) in [5, 5.41) is 5.21. The van der Waals surface area contributed by atoms with Crippen LogP contribution in [0.25, 0.3) is 10.9 Å². The van der Waals surface area contributed by atoms with Crippen LogP contribution in [0, 0.1) is 0 Å². The van der Waals surface area contributed by atoms with Crippen molar-refractivity contribution in [1.29, 1.82) is 0 Å². The van der Waals surface area contributed by atoms with Gasteiger partial charge < -0.3 is 9.47 Å². The predicted octanol–water partition coefficient (Wildman–Crippen LogP) is 7.07. The number of fused-ring (bicyclic) bond motifs is 1. The number of halogens is 1. The molecule has 0 aliphatic heterocycles. The molecular weight excluding hydrogens is 530 g/mol. The zero-order chi connectivity index (χ0) is 25.6. The molecule has 0 N–H and O–H groups in total. The SMILES string of the molecule is CCOc1cc(C=Nn2c(C3CCCCC3)nc3ccc(Br)cc3c2=O)ccc1OCc1ccccc1. The zero-order valence-corrected chi connectivity index (χ0v) is 22.5. The molecule has 0 unspecified atom stereocenters. The van der Waals surface area contributed by atoms with Crippen LogP contribution in [0.5, 0.6) is 11.5 Å². The minimum absolute atomic E-state index is 0.157. The van der Waals surface area contributed by atoms with Crippen LogP contribution in [-0.4, -0.2) is 22.5 Å². The number of aromatic nitrogens is 2. The molecule has 1 fully saturated rings. The normalized spacial score (nSPS) is 14.3. The van der Waals surface area contributed by atoms with Crippen molar-refractivity contribution in [3.8, 4) is 11.5 Å². The monoisotopic (exact) mass is 559 g/mol. The summed E-state index contributed by atoms with van der Waals surface area (Å²) < 4.78 is 14.2. The van der Waals surface area contributed by atoms with Crippen molar-refractivity contribution in [3.05, 3.63) is 98.5 Å². The predicted molar refractivity (Wildman–Crippen MR) is 151 cm³/mol. The quantitative estimate of drug-likeness (QED) is 0.216. The summed E-state index contributed by atoms with van der Waals surface area (Å²) in [7, 11) is 0. The lowest BCUT2D eigenvalue weighted by Crippen LogP contribution is -2.25. The number of benzene rings is 3. The van der Waals surface area contributed by atoms with E-state index >= 15 is 0 Å². The highest BCUT2D eigenvalue weighted by Gasteiger charge is 2.22. The molecule has 1 heterocycles. The molecule has 3 aromatic carbocycles. The zero-order valence-electron chi connectivity index (χ0n) is 20.9. The van der Waals surface area contributed by atoms with Crippen LogP contribution < -0.4 is 15.0 Å². The molecule has 7 heteroatoms. The lowest BCUT2D eigenvalue weighted by atomic mass is 9.88. The largest absolute Gasteiger partial charge is 0.490 e. The molecule has 0 atom stereocenters. The first kappa shape index (κ1) is 25.2. The maximum absolute atomic E-state index is 13.6. The van der Waals surface area contributed by atoms with Crippen molar-refractivity contribution in [3.63, 3.8) is 0 Å². The fourth-order valence-electron chi connectivity index (χ4n) is 4.75. The number of nitrogens with zero attached hydrogens (tertiary/aromatic N) is 3. The van der Waals surface area contributed by atoms with Crippen molar-refractivity contribution in [2.45, 2.75) is 51.6 Å². The summed E-state index contributed by atoms with van der Waals surface area (Å²) in [5.74, 6) is 2.27. The van der Waals surface area contributed by atoms with Crippen LogP contribution in [0.3, 0.4) is 0 Å². The van der Waals surface area contributed by atoms with Gasteiger partial charge in [-0.2, -0.15) is 9.78 Å². The first-order valence-corrected chi connectivity index (χ1v) is 13.6. The molecule has 1 aromatic heterocycles. The van der Waals surface area contributed by atoms with Crippen LogP contribution >= 0.6 is 15.9 Å². The molecule has 6 nitrogen and oxygen atoms in total. The van der Waals surface area contributed by atoms with Gasteiger partial charge in [-0.25, -0.2) is 4.98 Å². The third-order valence-electron chi connectivity index (χ3n) is 6.63. The fourth-order valence-corrected chi connectivity index (χ4v) is 5.12. The van der Waals surface area contributed by atoms with E-state index in [1.165, 1.54) is 11.1 Å². The van der Waals surface area contributed by atoms with Gasteiger partial charge in [0, 0.05) is 10.4 Å². The molecule has 0 saturated heterocycles. The summed E-state index contributed by atoms with van der Waals surface area (Å²) in [5.41, 5.74) is 2.45. The van der Waals surface area contributed by atoms with Gasteiger partial charge in [-0.3, -0.25) is 4.79 Å². The molecule has 4 aromatic rings. The van der Waals surface area contributed by atoms with E-state index in [4.69, 9.17) is 14.5 Å². The minimum Gasteiger partial charge on any atom is -0.490 e. The molecule has 0 amide bonds. The Kier molecular flexibility index (Phi) is 7.99. The summed E-state index contributed by atoms with van der Waals surface area (Å²) in [4.78, 5) is 18.5. The van der Waals surface area contributed by atoms with Crippen molar-refractivity contribution in [2.24, 2.45) is 5.10 Å². The number of ether oxygens (including phenoxy) is 2. The first-order valence-electron chi connectivity index (χ1n) is 12.8. The van der Waals surface area contributed by atoms with Crippen LogP contribution in [-0.2, 0) is 6.61 Å². The Bertz CT molecular complexity index is 1460. The van der Waals surface area contributed by atoms with Gasteiger partial charge in [-0.1, -0.05) is 65.5 Å². The van der Waals surface area contributed by atoms with Gasteiger partial charge in [-0.15, -0.1) is 0 Å². The molecular formula is C30H30BrN3O3. The number of hydrogen-bond acceptors (Lipinski definition) is 5. The van der Waals surface area contributed by atoms with Crippen LogP contribution in [0.15, 0.2) is 81.1 Å². The summed E-state index contributed by atoms with van der Waals surface area (Å²) in [6, 6.07) is 21.3. The van der Waals surface area contributed by atoms with Gasteiger partial charge in [0.25, 0.3) is 5.56 Å². The average Bonchev–Trinajstić information content (AvgIpc) is 2.93. The van der Waals surface area contributed by atoms with E-state index < -0.39 is 0 Å². The Morgan fingerprint density at radius 2 is 1.81 bits per heavy atom. The standard InChI is InChI=1S/C30H30BrN3O3/c1-2-36-28-17-22(13-16-27(28)37-20-21-9-5-3-6-10-21)19-32-34-29(23-11-7-4-8-12-23)33-26-15-14-24(31)18-25(26)30(34)35/h3,5-6,9-10,13-19,23H,2,4,7-8,11-12,20H2,1H3. The third kappa shape index (κ3) is 5.93. The summed E-state index contributed by atoms with van der Waals surface area (Å²) in [6.07, 6.45) is 7.25. The summed E-state index contributed by atoms with van der Waals surface area (Å²) >= 11 is 3.48. The van der Waals surface area contributed by atoms with E-state index in [1.807, 2.05) is 73.7 Å². The summed E-state index contributed by atoms with van der Waals surface area (Å²) in [6.45, 7) is 2.90. The molecule has 190 valence electrons.